The minimum atomic E-state index is -0.335. The molecular formula is C115H220N22O5. The molecule has 3 aromatic rings. The monoisotopic (exact) mass is 1990 g/mol. The quantitative estimate of drug-likeness (QED) is 0.0482. The fourth-order valence-corrected chi connectivity index (χ4v) is 25.2. The molecular weight excluding hydrogens is 1770 g/mol. The van der Waals surface area contributed by atoms with Gasteiger partial charge in [0.2, 0.25) is 47.6 Å². The van der Waals surface area contributed by atoms with Crippen molar-refractivity contribution in [2.24, 2.45) is 0 Å². The Kier molecular flexibility index (Phi) is 48.9. The molecule has 8 rings (SSSR count). The molecule has 0 N–H and O–H groups in total. The van der Waals surface area contributed by atoms with E-state index in [2.05, 4.69) is 300 Å². The van der Waals surface area contributed by atoms with Crippen molar-refractivity contribution >= 4 is 47.6 Å². The Bertz CT molecular complexity index is 3830. The SMILES string of the molecule is CCCCC(C)c1nc(N(CCCC)CCCC)nc(N(CCCCCCN(c2nc(N(CCCC)C3CC(C)(C)N(OCCC)C(C)(C)C3)nc(N(CCCCCCN(c3nc(N(CCCC)CCCC)nc(N(CCCC)CCCC)n3)C3CC(C)(C)N(OCCC)C(C)(C)C3)C3CC(C)(C)N(OCCC)C(C)(C)C3)n2)C2CC(C)(C)N(OCCC)C(C)(C)C2)C2CC(C)(C)N(OCCC)C(C)(C)C2)n1. The second-order valence-electron chi connectivity index (χ2n) is 50.1. The van der Waals surface area contributed by atoms with Gasteiger partial charge in [-0.1, -0.05) is 180 Å². The molecule has 5 aliphatic rings. The van der Waals surface area contributed by atoms with Gasteiger partial charge >= 0.3 is 0 Å². The van der Waals surface area contributed by atoms with E-state index in [9.17, 15) is 0 Å². The second kappa shape index (κ2) is 56.8. The first kappa shape index (κ1) is 122. The van der Waals surface area contributed by atoms with Crippen molar-refractivity contribution in [3.8, 4) is 0 Å². The topological polar surface area (TPSA) is 204 Å². The van der Waals surface area contributed by atoms with Crippen LogP contribution in [-0.4, -0.2) is 261 Å². The normalized spacial score (nSPS) is 20.3. The summed E-state index contributed by atoms with van der Waals surface area (Å²) in [5.41, 5.74) is -2.97. The van der Waals surface area contributed by atoms with Crippen molar-refractivity contribution in [1.82, 2.24) is 70.2 Å². The third kappa shape index (κ3) is 34.0. The number of hydroxylamine groups is 10. The molecule has 27 nitrogen and oxygen atoms in total. The maximum atomic E-state index is 6.95. The molecule has 0 amide bonds. The molecule has 8 heterocycles. The largest absolute Gasteiger partial charge is 0.341 e. The minimum absolute atomic E-state index is 0.0608. The Balaban J connectivity index is 1.30. The summed E-state index contributed by atoms with van der Waals surface area (Å²) in [4.78, 5) is 108. The fourth-order valence-electron chi connectivity index (χ4n) is 25.2. The van der Waals surface area contributed by atoms with Crippen LogP contribution < -0.4 is 39.2 Å². The van der Waals surface area contributed by atoms with Crippen LogP contribution in [0.4, 0.5) is 47.6 Å². The van der Waals surface area contributed by atoms with Crippen molar-refractivity contribution < 1.29 is 24.2 Å². The predicted octanol–water partition coefficient (Wildman–Crippen LogP) is 26.9. The Hall–Kier alpha value is -4.97. The third-order valence-electron chi connectivity index (χ3n) is 31.1. The van der Waals surface area contributed by atoms with Crippen LogP contribution in [0.15, 0.2) is 0 Å². The highest BCUT2D eigenvalue weighted by Gasteiger charge is 2.55. The number of piperidine rings is 5. The average molecular weight is 1990 g/mol. The average Bonchev–Trinajstić information content (AvgIpc) is 0.754. The number of rotatable bonds is 67. The van der Waals surface area contributed by atoms with Crippen LogP contribution in [0.3, 0.4) is 0 Å². The van der Waals surface area contributed by atoms with E-state index < -0.39 is 0 Å². The van der Waals surface area contributed by atoms with Gasteiger partial charge in [-0.15, -0.1) is 0 Å². The molecule has 0 aliphatic carbocycles. The summed E-state index contributed by atoms with van der Waals surface area (Å²) in [7, 11) is 0. The summed E-state index contributed by atoms with van der Waals surface area (Å²) >= 11 is 0. The van der Waals surface area contributed by atoms with Crippen molar-refractivity contribution in [3.05, 3.63) is 5.82 Å². The number of nitrogens with zero attached hydrogens (tertiary/aromatic N) is 22. The van der Waals surface area contributed by atoms with E-state index in [0.717, 1.165) is 382 Å². The summed E-state index contributed by atoms with van der Waals surface area (Å²) in [6, 6.07) is 0.542. The second-order valence-corrected chi connectivity index (χ2v) is 50.1. The molecule has 27 heteroatoms. The van der Waals surface area contributed by atoms with Crippen molar-refractivity contribution in [3.63, 3.8) is 0 Å². The zero-order valence-corrected chi connectivity index (χ0v) is 98.4. The lowest BCUT2D eigenvalue weighted by atomic mass is 9.78. The van der Waals surface area contributed by atoms with Gasteiger partial charge in [-0.25, -0.2) is 0 Å². The van der Waals surface area contributed by atoms with Crippen molar-refractivity contribution in [1.29, 1.82) is 0 Å². The highest BCUT2D eigenvalue weighted by atomic mass is 16.7. The molecule has 1 unspecified atom stereocenters. The molecule has 0 aromatic carbocycles. The molecule has 5 saturated heterocycles. The fraction of sp³-hybridized carbons (Fsp3) is 0.922. The van der Waals surface area contributed by atoms with Gasteiger partial charge in [0.15, 0.2) is 0 Å². The summed E-state index contributed by atoms with van der Waals surface area (Å²) in [6.45, 7) is 93.1. The Morgan fingerprint density at radius 1 is 0.211 bits per heavy atom. The number of unbranched alkanes of at least 4 members (excludes halogenated alkanes) is 14. The minimum Gasteiger partial charge on any atom is -0.341 e. The first-order valence-corrected chi connectivity index (χ1v) is 58.8. The van der Waals surface area contributed by atoms with Gasteiger partial charge in [0, 0.05) is 164 Å². The lowest BCUT2D eigenvalue weighted by Gasteiger charge is -2.56. The molecule has 820 valence electrons. The van der Waals surface area contributed by atoms with E-state index >= 15 is 0 Å². The Morgan fingerprint density at radius 2 is 0.373 bits per heavy atom. The van der Waals surface area contributed by atoms with Gasteiger partial charge in [-0.05, 0) is 312 Å². The van der Waals surface area contributed by atoms with Gasteiger partial charge in [0.05, 0.1) is 33.0 Å². The first-order valence-electron chi connectivity index (χ1n) is 58.8. The van der Waals surface area contributed by atoms with Crippen molar-refractivity contribution in [2.75, 3.05) is 144 Å². The summed E-state index contributed by atoms with van der Waals surface area (Å²) in [5, 5.41) is 11.8. The zero-order chi connectivity index (χ0) is 105. The first-order chi connectivity index (χ1) is 67.2. The van der Waals surface area contributed by atoms with E-state index in [4.69, 9.17) is 69.0 Å². The van der Waals surface area contributed by atoms with Crippen LogP contribution >= 0.6 is 0 Å². The van der Waals surface area contributed by atoms with Crippen molar-refractivity contribution in [2.45, 2.75) is 584 Å². The molecule has 0 saturated carbocycles. The zero-order valence-electron chi connectivity index (χ0n) is 98.4. The van der Waals surface area contributed by atoms with Gasteiger partial charge in [-0.2, -0.15) is 70.2 Å². The highest BCUT2D eigenvalue weighted by Crippen LogP contribution is 2.50. The van der Waals surface area contributed by atoms with E-state index in [0.29, 0.717) is 33.0 Å². The van der Waals surface area contributed by atoms with Crippen LogP contribution in [0.25, 0.3) is 0 Å². The Morgan fingerprint density at radius 3 is 0.570 bits per heavy atom. The summed E-state index contributed by atoms with van der Waals surface area (Å²) in [6.07, 6.45) is 40.1. The number of hydrogen-bond donors (Lipinski definition) is 0. The standard InChI is InChI=1S/C115H220N22O5/c1-35-48-64-91(14)97-116-98(125(65-49-36-2)66-50-37-3)119-101(117-97)129(93-83-108(19,20)134(139-77-44-10)109(21,22)84-93)72-60-56-57-62-74-131(95-87-112(27,28)136(141-79-46-12)113(29,30)88-95)104-122-103(128(71-55-42-8)92-81-106(15,16)133(138-76-43-9)107(17,18)82-92)123-105(124-104)132(96-89-114(31,32)137(142-80-47-13)115(33,34)90-96)75-63-59-58-61-73-130(94-85-110(23,24)135(140-78-45-11)111(25,26)86-94)102-120-99(126(67-51-38-4)68-52-39-5)118-100(121-102)127(69-53-40-6)70-54-41-7/h91-96H,35-90H2,1-34H3. The lowest BCUT2D eigenvalue weighted by Crippen LogP contribution is -2.65. The van der Waals surface area contributed by atoms with E-state index in [-0.39, 0.29) is 91.5 Å². The maximum absolute atomic E-state index is 6.95. The molecule has 0 radical (unpaired) electrons. The van der Waals surface area contributed by atoms with Crippen LogP contribution in [0.5, 0.6) is 0 Å². The predicted molar refractivity (Wildman–Crippen MR) is 598 cm³/mol. The van der Waals surface area contributed by atoms with Gasteiger partial charge < -0.3 is 39.2 Å². The van der Waals surface area contributed by atoms with Crippen LogP contribution in [0, 0.1) is 0 Å². The van der Waals surface area contributed by atoms with Crippen LogP contribution in [0.1, 0.15) is 504 Å². The Labute approximate surface area is 870 Å². The van der Waals surface area contributed by atoms with Crippen LogP contribution in [-0.2, 0) is 24.2 Å². The lowest BCUT2D eigenvalue weighted by molar-refractivity contribution is -0.282. The molecule has 0 spiro atoms. The van der Waals surface area contributed by atoms with E-state index in [1.165, 1.54) is 0 Å². The molecule has 142 heavy (non-hydrogen) atoms. The van der Waals surface area contributed by atoms with Gasteiger partial charge in [-0.3, -0.25) is 24.2 Å². The van der Waals surface area contributed by atoms with Crippen LogP contribution in [0.2, 0.25) is 0 Å². The smallest absolute Gasteiger partial charge is 0.232 e. The summed E-state index contributed by atoms with van der Waals surface area (Å²) < 4.78 is 0. The van der Waals surface area contributed by atoms with Gasteiger partial charge in [0.1, 0.15) is 5.82 Å². The maximum Gasteiger partial charge on any atom is 0.232 e. The highest BCUT2D eigenvalue weighted by molar-refractivity contribution is 5.51. The molecule has 5 fully saturated rings. The number of aromatic nitrogens is 9. The van der Waals surface area contributed by atoms with E-state index in [1.807, 2.05) is 0 Å². The number of anilines is 8. The van der Waals surface area contributed by atoms with Gasteiger partial charge in [0.25, 0.3) is 0 Å². The van der Waals surface area contributed by atoms with E-state index in [1.54, 1.807) is 0 Å². The number of hydrogen-bond acceptors (Lipinski definition) is 27. The third-order valence-corrected chi connectivity index (χ3v) is 31.1. The molecule has 5 aliphatic heterocycles. The molecule has 1 atom stereocenters. The summed E-state index contributed by atoms with van der Waals surface area (Å²) in [5.74, 6) is 7.68. The molecule has 3 aromatic heterocycles. The molecule has 0 bridgehead atoms.